The van der Waals surface area contributed by atoms with Crippen LogP contribution in [-0.2, 0) is 18.0 Å². The van der Waals surface area contributed by atoms with Crippen LogP contribution in [0.2, 0.25) is 0 Å². The van der Waals surface area contributed by atoms with E-state index in [2.05, 4.69) is 22.0 Å². The highest BCUT2D eigenvalue weighted by Crippen LogP contribution is 2.16. The van der Waals surface area contributed by atoms with Gasteiger partial charge >= 0.3 is 0 Å². The quantitative estimate of drug-likeness (QED) is 0.561. The van der Waals surface area contributed by atoms with Gasteiger partial charge in [-0.05, 0) is 45.1 Å². The van der Waals surface area contributed by atoms with E-state index >= 15 is 0 Å². The number of carbonyl (C=O) groups excluding carboxylic acids is 1. The predicted octanol–water partition coefficient (Wildman–Crippen LogP) is 1.05. The van der Waals surface area contributed by atoms with Crippen molar-refractivity contribution in [1.82, 2.24) is 24.6 Å². The fourth-order valence-corrected chi connectivity index (χ4v) is 2.86. The number of aromatic nitrogens is 4. The number of hydrogen-bond acceptors (Lipinski definition) is 4. The standard InChI is InChI=1S/C18H26N6OS/c1-6-10-23-16(14-8-7-9-19-11-14)21-24(17(23)26)13-22(5)12-15(25)20-18(2,3)4/h6-9,11H,1,10,12-13H2,2-5H3,(H,20,25)/p+1. The number of likely N-dealkylation sites (N-methyl/N-ethyl adjacent to an activating group) is 1. The van der Waals surface area contributed by atoms with Gasteiger partial charge in [0.05, 0.1) is 7.05 Å². The smallest absolute Gasteiger partial charge is 0.275 e. The van der Waals surface area contributed by atoms with E-state index in [1.807, 2.05) is 44.5 Å². The summed E-state index contributed by atoms with van der Waals surface area (Å²) in [5.41, 5.74) is 0.648. The van der Waals surface area contributed by atoms with E-state index < -0.39 is 0 Å². The lowest BCUT2D eigenvalue weighted by Crippen LogP contribution is -3.09. The van der Waals surface area contributed by atoms with E-state index in [0.717, 1.165) is 16.3 Å². The van der Waals surface area contributed by atoms with Gasteiger partial charge in [0, 0.05) is 30.0 Å². The third kappa shape index (κ3) is 5.34. The first-order valence-corrected chi connectivity index (χ1v) is 8.93. The summed E-state index contributed by atoms with van der Waals surface area (Å²) in [4.78, 5) is 17.3. The molecule has 0 aromatic carbocycles. The summed E-state index contributed by atoms with van der Waals surface area (Å²) >= 11 is 5.58. The Labute approximate surface area is 159 Å². The Morgan fingerprint density at radius 1 is 1.46 bits per heavy atom. The third-order valence-corrected chi connectivity index (χ3v) is 3.98. The van der Waals surface area contributed by atoms with Crippen LogP contribution in [0.25, 0.3) is 11.4 Å². The molecule has 8 heteroatoms. The van der Waals surface area contributed by atoms with Crippen molar-refractivity contribution in [1.29, 1.82) is 0 Å². The van der Waals surface area contributed by atoms with E-state index in [-0.39, 0.29) is 11.4 Å². The van der Waals surface area contributed by atoms with Crippen molar-refractivity contribution >= 4 is 18.1 Å². The van der Waals surface area contributed by atoms with Crippen LogP contribution in [0.3, 0.4) is 0 Å². The maximum atomic E-state index is 12.1. The molecule has 0 fully saturated rings. The maximum Gasteiger partial charge on any atom is 0.275 e. The van der Waals surface area contributed by atoms with Gasteiger partial charge in [0.25, 0.3) is 5.91 Å². The maximum absolute atomic E-state index is 12.1. The minimum absolute atomic E-state index is 0.000439. The molecule has 1 unspecified atom stereocenters. The highest BCUT2D eigenvalue weighted by molar-refractivity contribution is 7.71. The summed E-state index contributed by atoms with van der Waals surface area (Å²) in [6.45, 7) is 11.1. The van der Waals surface area contributed by atoms with E-state index in [4.69, 9.17) is 12.2 Å². The number of nitrogens with zero attached hydrogens (tertiary/aromatic N) is 4. The molecule has 140 valence electrons. The number of quaternary nitrogens is 1. The topological polar surface area (TPSA) is 69.2 Å². The van der Waals surface area contributed by atoms with Gasteiger partial charge < -0.3 is 10.2 Å². The Balaban J connectivity index is 2.21. The largest absolute Gasteiger partial charge is 0.347 e. The molecule has 0 spiro atoms. The summed E-state index contributed by atoms with van der Waals surface area (Å²) in [7, 11) is 1.94. The number of hydrogen-bond donors (Lipinski definition) is 2. The lowest BCUT2D eigenvalue weighted by atomic mass is 10.1. The molecule has 1 amide bonds. The minimum atomic E-state index is -0.243. The zero-order valence-electron chi connectivity index (χ0n) is 15.8. The highest BCUT2D eigenvalue weighted by Gasteiger charge is 2.19. The number of amides is 1. The van der Waals surface area contributed by atoms with Crippen molar-refractivity contribution < 1.29 is 9.69 Å². The average Bonchev–Trinajstić information content (AvgIpc) is 2.83. The molecule has 2 aromatic rings. The van der Waals surface area contributed by atoms with Gasteiger partial charge in [-0.25, -0.2) is 0 Å². The first kappa shape index (κ1) is 20.0. The zero-order chi connectivity index (χ0) is 19.3. The molecule has 2 rings (SSSR count). The van der Waals surface area contributed by atoms with Crippen LogP contribution >= 0.6 is 12.2 Å². The molecule has 0 aliphatic heterocycles. The van der Waals surface area contributed by atoms with Crippen LogP contribution in [0.5, 0.6) is 0 Å². The molecule has 2 N–H and O–H groups in total. The summed E-state index contributed by atoms with van der Waals surface area (Å²) in [6, 6.07) is 3.81. The van der Waals surface area contributed by atoms with Gasteiger partial charge in [-0.1, -0.05) is 6.08 Å². The third-order valence-electron chi connectivity index (χ3n) is 3.55. The second kappa shape index (κ2) is 8.37. The molecule has 0 bridgehead atoms. The molecule has 0 saturated heterocycles. The fourth-order valence-electron chi connectivity index (χ4n) is 2.59. The second-order valence-corrected chi connectivity index (χ2v) is 7.70. The van der Waals surface area contributed by atoms with Crippen molar-refractivity contribution in [2.24, 2.45) is 0 Å². The summed E-state index contributed by atoms with van der Waals surface area (Å²) in [6.07, 6.45) is 5.27. The lowest BCUT2D eigenvalue weighted by Gasteiger charge is -2.21. The molecule has 2 heterocycles. The van der Waals surface area contributed by atoms with Gasteiger partial charge in [0.1, 0.15) is 0 Å². The Kier molecular flexibility index (Phi) is 6.44. The summed E-state index contributed by atoms with van der Waals surface area (Å²) < 4.78 is 4.27. The van der Waals surface area contributed by atoms with Gasteiger partial charge in [-0.2, -0.15) is 4.68 Å². The van der Waals surface area contributed by atoms with Crippen molar-refractivity contribution in [2.75, 3.05) is 13.6 Å². The van der Waals surface area contributed by atoms with E-state index in [1.54, 1.807) is 23.2 Å². The molecular formula is C18H27N6OS+. The second-order valence-electron chi connectivity index (χ2n) is 7.34. The minimum Gasteiger partial charge on any atom is -0.347 e. The highest BCUT2D eigenvalue weighted by atomic mass is 32.1. The molecule has 2 aromatic heterocycles. The zero-order valence-corrected chi connectivity index (χ0v) is 16.6. The number of pyridine rings is 1. The average molecular weight is 376 g/mol. The van der Waals surface area contributed by atoms with Crippen LogP contribution in [0, 0.1) is 4.77 Å². The number of rotatable bonds is 7. The van der Waals surface area contributed by atoms with Gasteiger partial charge in [0.15, 0.2) is 19.0 Å². The molecule has 0 radical (unpaired) electrons. The lowest BCUT2D eigenvalue weighted by molar-refractivity contribution is -0.895. The molecule has 7 nitrogen and oxygen atoms in total. The first-order valence-electron chi connectivity index (χ1n) is 8.52. The number of carbonyl (C=O) groups is 1. The molecule has 1 atom stereocenters. The van der Waals surface area contributed by atoms with Crippen molar-refractivity contribution in [2.45, 2.75) is 39.5 Å². The van der Waals surface area contributed by atoms with Crippen LogP contribution < -0.4 is 10.2 Å². The number of nitrogens with one attached hydrogen (secondary N) is 2. The summed E-state index contributed by atoms with van der Waals surface area (Å²) in [5.74, 6) is 0.745. The van der Waals surface area contributed by atoms with E-state index in [1.165, 1.54) is 0 Å². The van der Waals surface area contributed by atoms with Gasteiger partial charge in [-0.15, -0.1) is 11.7 Å². The van der Waals surface area contributed by atoms with Crippen molar-refractivity contribution in [3.8, 4) is 11.4 Å². The van der Waals surface area contributed by atoms with Crippen molar-refractivity contribution in [3.63, 3.8) is 0 Å². The van der Waals surface area contributed by atoms with Crippen LogP contribution in [0.1, 0.15) is 20.8 Å². The van der Waals surface area contributed by atoms with Gasteiger partial charge in [-0.3, -0.25) is 14.3 Å². The molecule has 0 saturated carbocycles. The molecule has 26 heavy (non-hydrogen) atoms. The van der Waals surface area contributed by atoms with E-state index in [0.29, 0.717) is 24.5 Å². The molecule has 0 aliphatic carbocycles. The first-order chi connectivity index (χ1) is 12.2. The van der Waals surface area contributed by atoms with Crippen molar-refractivity contribution in [3.05, 3.63) is 42.0 Å². The predicted molar refractivity (Wildman–Crippen MR) is 104 cm³/mol. The fraction of sp³-hybridized carbons (Fsp3) is 0.444. The Morgan fingerprint density at radius 3 is 2.77 bits per heavy atom. The Morgan fingerprint density at radius 2 is 2.19 bits per heavy atom. The number of allylic oxidation sites excluding steroid dienone is 1. The van der Waals surface area contributed by atoms with Crippen LogP contribution in [-0.4, -0.2) is 44.4 Å². The Bertz CT molecular complexity index is 818. The molecular weight excluding hydrogens is 348 g/mol. The van der Waals surface area contributed by atoms with E-state index in [9.17, 15) is 4.79 Å². The van der Waals surface area contributed by atoms with Crippen LogP contribution in [0.4, 0.5) is 0 Å². The molecule has 0 aliphatic rings. The van der Waals surface area contributed by atoms with Gasteiger partial charge in [0.2, 0.25) is 4.77 Å². The monoisotopic (exact) mass is 375 g/mol. The normalized spacial score (nSPS) is 12.6. The van der Waals surface area contributed by atoms with Crippen LogP contribution in [0.15, 0.2) is 37.2 Å². The Hall–Kier alpha value is -2.32. The SMILES string of the molecule is C=CCn1c(-c2cccnc2)nn(C[NH+](C)CC(=O)NC(C)(C)C)c1=S. The summed E-state index contributed by atoms with van der Waals surface area (Å²) in [5, 5.41) is 7.63.